The third-order valence-corrected chi connectivity index (χ3v) is 7.19. The second-order valence-corrected chi connectivity index (χ2v) is 9.24. The van der Waals surface area contributed by atoms with Crippen LogP contribution in [0, 0.1) is 13.8 Å². The van der Waals surface area contributed by atoms with Crippen molar-refractivity contribution in [2.75, 3.05) is 38.7 Å². The molecule has 0 aromatic heterocycles. The summed E-state index contributed by atoms with van der Waals surface area (Å²) in [5, 5.41) is 0. The predicted octanol–water partition coefficient (Wildman–Crippen LogP) is 2.36. The van der Waals surface area contributed by atoms with Crippen LogP contribution in [0.25, 0.3) is 0 Å². The van der Waals surface area contributed by atoms with Crippen molar-refractivity contribution in [3.63, 3.8) is 0 Å². The summed E-state index contributed by atoms with van der Waals surface area (Å²) < 4.78 is 28.1. The van der Waals surface area contributed by atoms with Gasteiger partial charge in [-0.3, -0.25) is 0 Å². The van der Waals surface area contributed by atoms with E-state index in [1.807, 2.05) is 51.8 Å². The molecule has 1 heterocycles. The van der Waals surface area contributed by atoms with Gasteiger partial charge in [-0.15, -0.1) is 0 Å². The molecule has 0 radical (unpaired) electrons. The van der Waals surface area contributed by atoms with E-state index in [-0.39, 0.29) is 6.04 Å². The van der Waals surface area contributed by atoms with E-state index in [0.717, 1.165) is 35.6 Å². The lowest BCUT2D eigenvalue weighted by Crippen LogP contribution is -2.46. The van der Waals surface area contributed by atoms with Gasteiger partial charge in [-0.1, -0.05) is 17.7 Å². The van der Waals surface area contributed by atoms with Gasteiger partial charge >= 0.3 is 0 Å². The van der Waals surface area contributed by atoms with Gasteiger partial charge in [0.2, 0.25) is 10.0 Å². The second kappa shape index (κ2) is 7.34. The van der Waals surface area contributed by atoms with E-state index in [0.29, 0.717) is 11.4 Å². The lowest BCUT2D eigenvalue weighted by molar-refractivity contribution is 0.271. The van der Waals surface area contributed by atoms with Crippen molar-refractivity contribution in [2.24, 2.45) is 0 Å². The maximum atomic E-state index is 13.2. The molecule has 1 unspecified atom stereocenters. The van der Waals surface area contributed by atoms with E-state index < -0.39 is 10.0 Å². The first-order chi connectivity index (χ1) is 10.3. The first-order valence-electron chi connectivity index (χ1n) is 7.64. The summed E-state index contributed by atoms with van der Waals surface area (Å²) in [7, 11) is 0.561. The standard InChI is InChI=1S/C16H26N2O2S2/c1-13-6-7-16(14(2)10-13)22(19,20)18-8-5-9-21-12-15(18)11-17(3)4/h6-7,10,15H,5,8-9,11-12H2,1-4H3. The Morgan fingerprint density at radius 3 is 2.68 bits per heavy atom. The van der Waals surface area contributed by atoms with Crippen LogP contribution in [0.2, 0.25) is 0 Å². The Morgan fingerprint density at radius 2 is 2.05 bits per heavy atom. The SMILES string of the molecule is Cc1ccc(S(=O)(=O)N2CCCSCC2CN(C)C)c(C)c1. The number of rotatable bonds is 4. The minimum absolute atomic E-state index is 0.0354. The predicted molar refractivity (Wildman–Crippen MR) is 94.1 cm³/mol. The molecular weight excluding hydrogens is 316 g/mol. The number of thioether (sulfide) groups is 1. The molecule has 0 bridgehead atoms. The Balaban J connectivity index is 2.39. The maximum Gasteiger partial charge on any atom is 0.243 e. The second-order valence-electron chi connectivity index (χ2n) is 6.23. The first-order valence-corrected chi connectivity index (χ1v) is 10.2. The number of nitrogens with zero attached hydrogens (tertiary/aromatic N) is 2. The smallest absolute Gasteiger partial charge is 0.243 e. The molecule has 0 saturated carbocycles. The van der Waals surface area contributed by atoms with Crippen LogP contribution >= 0.6 is 11.8 Å². The van der Waals surface area contributed by atoms with E-state index in [9.17, 15) is 8.42 Å². The van der Waals surface area contributed by atoms with E-state index in [1.165, 1.54) is 0 Å². The molecule has 1 aromatic rings. The zero-order valence-electron chi connectivity index (χ0n) is 13.9. The fraction of sp³-hybridized carbons (Fsp3) is 0.625. The van der Waals surface area contributed by atoms with Crippen molar-refractivity contribution in [1.29, 1.82) is 0 Å². The molecule has 124 valence electrons. The lowest BCUT2D eigenvalue weighted by Gasteiger charge is -2.31. The highest BCUT2D eigenvalue weighted by molar-refractivity contribution is 7.99. The molecule has 1 aliphatic rings. The Bertz CT molecular complexity index is 615. The van der Waals surface area contributed by atoms with Crippen molar-refractivity contribution in [3.05, 3.63) is 29.3 Å². The number of aryl methyl sites for hydroxylation is 2. The molecule has 2 rings (SSSR count). The summed E-state index contributed by atoms with van der Waals surface area (Å²) in [6, 6.07) is 5.62. The molecule has 4 nitrogen and oxygen atoms in total. The lowest BCUT2D eigenvalue weighted by atomic mass is 10.2. The fourth-order valence-corrected chi connectivity index (χ4v) is 5.92. The summed E-state index contributed by atoms with van der Waals surface area (Å²) in [5.74, 6) is 1.89. The van der Waals surface area contributed by atoms with E-state index in [2.05, 4.69) is 4.90 Å². The summed E-state index contributed by atoms with van der Waals surface area (Å²) in [5.41, 5.74) is 1.92. The Hall–Kier alpha value is -0.560. The highest BCUT2D eigenvalue weighted by Crippen LogP contribution is 2.26. The minimum Gasteiger partial charge on any atom is -0.308 e. The number of benzene rings is 1. The minimum atomic E-state index is -3.43. The third kappa shape index (κ3) is 4.04. The molecule has 1 aromatic carbocycles. The van der Waals surface area contributed by atoms with Gasteiger partial charge in [-0.05, 0) is 51.7 Å². The van der Waals surface area contributed by atoms with Gasteiger partial charge in [0.05, 0.1) is 4.90 Å². The summed E-state index contributed by atoms with van der Waals surface area (Å²) in [4.78, 5) is 2.52. The van der Waals surface area contributed by atoms with Crippen LogP contribution in [0.3, 0.4) is 0 Å². The van der Waals surface area contributed by atoms with E-state index >= 15 is 0 Å². The molecule has 1 fully saturated rings. The van der Waals surface area contributed by atoms with Gasteiger partial charge in [0, 0.05) is 24.9 Å². The quantitative estimate of drug-likeness (QED) is 0.842. The molecule has 0 spiro atoms. The van der Waals surface area contributed by atoms with Crippen LogP contribution < -0.4 is 0 Å². The molecule has 1 atom stereocenters. The number of hydrogen-bond acceptors (Lipinski definition) is 4. The molecule has 0 amide bonds. The van der Waals surface area contributed by atoms with Gasteiger partial charge in [-0.25, -0.2) is 8.42 Å². The van der Waals surface area contributed by atoms with Crippen LogP contribution in [0.1, 0.15) is 17.5 Å². The zero-order valence-corrected chi connectivity index (χ0v) is 15.5. The molecule has 1 aliphatic heterocycles. The van der Waals surface area contributed by atoms with Crippen molar-refractivity contribution in [1.82, 2.24) is 9.21 Å². The van der Waals surface area contributed by atoms with E-state index in [4.69, 9.17) is 0 Å². The third-order valence-electron chi connectivity index (χ3n) is 3.88. The first kappa shape index (κ1) is 17.8. The average molecular weight is 343 g/mol. The maximum absolute atomic E-state index is 13.2. The fourth-order valence-electron chi connectivity index (χ4n) is 2.90. The normalized spacial score (nSPS) is 21.0. The summed E-state index contributed by atoms with van der Waals surface area (Å²) >= 11 is 1.85. The molecule has 0 aliphatic carbocycles. The van der Waals surface area contributed by atoms with Crippen LogP contribution in [0.15, 0.2) is 23.1 Å². The molecular formula is C16H26N2O2S2. The number of likely N-dealkylation sites (N-methyl/N-ethyl adjacent to an activating group) is 1. The van der Waals surface area contributed by atoms with Crippen molar-refractivity contribution in [2.45, 2.75) is 31.2 Å². The topological polar surface area (TPSA) is 40.6 Å². The van der Waals surface area contributed by atoms with Gasteiger partial charge in [-0.2, -0.15) is 16.1 Å². The number of hydrogen-bond donors (Lipinski definition) is 0. The largest absolute Gasteiger partial charge is 0.308 e. The van der Waals surface area contributed by atoms with E-state index in [1.54, 1.807) is 10.4 Å². The van der Waals surface area contributed by atoms with Gasteiger partial charge in [0.15, 0.2) is 0 Å². The molecule has 6 heteroatoms. The van der Waals surface area contributed by atoms with Crippen LogP contribution in [0.4, 0.5) is 0 Å². The molecule has 22 heavy (non-hydrogen) atoms. The molecule has 1 saturated heterocycles. The Labute approximate surface area is 138 Å². The van der Waals surface area contributed by atoms with Gasteiger partial charge < -0.3 is 4.90 Å². The highest BCUT2D eigenvalue weighted by Gasteiger charge is 2.33. The number of sulfonamides is 1. The van der Waals surface area contributed by atoms with Gasteiger partial charge in [0.1, 0.15) is 0 Å². The Kier molecular flexibility index (Phi) is 5.94. The van der Waals surface area contributed by atoms with Crippen LogP contribution in [0.5, 0.6) is 0 Å². The van der Waals surface area contributed by atoms with Crippen molar-refractivity contribution >= 4 is 21.8 Å². The molecule has 0 N–H and O–H groups in total. The Morgan fingerprint density at radius 1 is 1.32 bits per heavy atom. The van der Waals surface area contributed by atoms with Gasteiger partial charge in [0.25, 0.3) is 0 Å². The zero-order chi connectivity index (χ0) is 16.3. The summed E-state index contributed by atoms with van der Waals surface area (Å²) in [6.45, 7) is 5.24. The van der Waals surface area contributed by atoms with Crippen molar-refractivity contribution in [3.8, 4) is 0 Å². The van der Waals surface area contributed by atoms with Crippen LogP contribution in [-0.4, -0.2) is 62.4 Å². The van der Waals surface area contributed by atoms with Crippen LogP contribution in [-0.2, 0) is 10.0 Å². The monoisotopic (exact) mass is 342 g/mol. The summed E-state index contributed by atoms with van der Waals surface area (Å²) in [6.07, 6.45) is 0.915. The van der Waals surface area contributed by atoms with Crippen molar-refractivity contribution < 1.29 is 8.42 Å². The average Bonchev–Trinajstić information content (AvgIpc) is 2.63. The highest BCUT2D eigenvalue weighted by atomic mass is 32.2.